The van der Waals surface area contributed by atoms with Crippen LogP contribution in [0, 0.1) is 0 Å². The molecule has 1 heterocycles. The van der Waals surface area contributed by atoms with Crippen LogP contribution in [-0.2, 0) is 0 Å². The number of amides is 1. The number of carbonyl (C=O) groups excluding carboxylic acids is 1. The lowest BCUT2D eigenvalue weighted by Crippen LogP contribution is -2.13. The monoisotopic (exact) mass is 383 g/mol. The van der Waals surface area contributed by atoms with Crippen LogP contribution in [0.1, 0.15) is 10.5 Å². The van der Waals surface area contributed by atoms with E-state index in [9.17, 15) is 4.79 Å². The Morgan fingerprint density at radius 2 is 1.56 bits per heavy atom. The van der Waals surface area contributed by atoms with Crippen molar-refractivity contribution in [2.75, 3.05) is 24.9 Å². The summed E-state index contributed by atoms with van der Waals surface area (Å²) in [5.74, 6) is 0.936. The molecule has 138 valence electrons. The van der Waals surface area contributed by atoms with Crippen molar-refractivity contribution in [1.29, 1.82) is 0 Å². The molecule has 3 rings (SSSR count). The van der Waals surface area contributed by atoms with E-state index in [1.165, 1.54) is 0 Å². The number of nitrogens with one attached hydrogen (secondary N) is 2. The first-order chi connectivity index (χ1) is 13.1. The molecule has 3 aromatic rings. The Bertz CT molecular complexity index is 945. The predicted molar refractivity (Wildman–Crippen MR) is 106 cm³/mol. The summed E-state index contributed by atoms with van der Waals surface area (Å²) in [4.78, 5) is 16.5. The number of hydrogen-bond donors (Lipinski definition) is 2. The SMILES string of the molecule is COc1ccc(Nc2ccnc(C(=O)Nc3ccc(Cl)cc3)c2)cc1OC. The van der Waals surface area contributed by atoms with Crippen molar-refractivity contribution in [1.82, 2.24) is 4.98 Å². The molecule has 2 N–H and O–H groups in total. The summed E-state index contributed by atoms with van der Waals surface area (Å²) in [5, 5.41) is 6.61. The molecule has 0 aliphatic heterocycles. The van der Waals surface area contributed by atoms with Crippen LogP contribution in [0.4, 0.5) is 17.1 Å². The molecule has 0 fully saturated rings. The second kappa shape index (κ2) is 8.42. The maximum absolute atomic E-state index is 12.4. The molecule has 27 heavy (non-hydrogen) atoms. The molecule has 0 radical (unpaired) electrons. The highest BCUT2D eigenvalue weighted by molar-refractivity contribution is 6.30. The maximum atomic E-state index is 12.4. The smallest absolute Gasteiger partial charge is 0.274 e. The van der Waals surface area contributed by atoms with E-state index >= 15 is 0 Å². The number of halogens is 1. The van der Waals surface area contributed by atoms with Crippen molar-refractivity contribution in [2.24, 2.45) is 0 Å². The van der Waals surface area contributed by atoms with Gasteiger partial charge in [-0.3, -0.25) is 9.78 Å². The minimum Gasteiger partial charge on any atom is -0.493 e. The first-order valence-electron chi connectivity index (χ1n) is 8.11. The fraction of sp³-hybridized carbons (Fsp3) is 0.100. The molecular formula is C20H18ClN3O3. The standard InChI is InChI=1S/C20H18ClN3O3/c1-26-18-8-7-15(12-19(18)27-2)23-16-9-10-22-17(11-16)20(25)24-14-5-3-13(21)4-6-14/h3-12H,1-2H3,(H,22,23)(H,24,25). The fourth-order valence-corrected chi connectivity index (χ4v) is 2.57. The molecule has 7 heteroatoms. The molecule has 0 bridgehead atoms. The van der Waals surface area contributed by atoms with Gasteiger partial charge in [0.1, 0.15) is 5.69 Å². The van der Waals surface area contributed by atoms with E-state index in [4.69, 9.17) is 21.1 Å². The first-order valence-corrected chi connectivity index (χ1v) is 8.49. The van der Waals surface area contributed by atoms with Crippen LogP contribution in [-0.4, -0.2) is 25.1 Å². The van der Waals surface area contributed by atoms with Gasteiger partial charge < -0.3 is 20.1 Å². The van der Waals surface area contributed by atoms with E-state index < -0.39 is 0 Å². The van der Waals surface area contributed by atoms with Crippen LogP contribution in [0.25, 0.3) is 0 Å². The Kier molecular flexibility index (Phi) is 5.78. The lowest BCUT2D eigenvalue weighted by atomic mass is 10.2. The average Bonchev–Trinajstić information content (AvgIpc) is 2.69. The zero-order chi connectivity index (χ0) is 19.2. The summed E-state index contributed by atoms with van der Waals surface area (Å²) in [6.07, 6.45) is 1.57. The second-order valence-electron chi connectivity index (χ2n) is 5.59. The number of anilines is 3. The van der Waals surface area contributed by atoms with Crippen molar-refractivity contribution in [3.63, 3.8) is 0 Å². The van der Waals surface area contributed by atoms with Gasteiger partial charge in [0.15, 0.2) is 11.5 Å². The van der Waals surface area contributed by atoms with Crippen molar-refractivity contribution < 1.29 is 14.3 Å². The van der Waals surface area contributed by atoms with E-state index in [2.05, 4.69) is 15.6 Å². The molecule has 0 aliphatic rings. The third-order valence-corrected chi connectivity index (χ3v) is 4.02. The normalized spacial score (nSPS) is 10.2. The van der Waals surface area contributed by atoms with E-state index in [0.29, 0.717) is 22.2 Å². The maximum Gasteiger partial charge on any atom is 0.274 e. The lowest BCUT2D eigenvalue weighted by Gasteiger charge is -2.12. The van der Waals surface area contributed by atoms with Gasteiger partial charge in [0, 0.05) is 34.3 Å². The molecule has 6 nitrogen and oxygen atoms in total. The number of carbonyl (C=O) groups is 1. The van der Waals surface area contributed by atoms with Crippen LogP contribution >= 0.6 is 11.6 Å². The van der Waals surface area contributed by atoms with Crippen LogP contribution in [0.15, 0.2) is 60.8 Å². The van der Waals surface area contributed by atoms with Crippen LogP contribution < -0.4 is 20.1 Å². The van der Waals surface area contributed by atoms with Gasteiger partial charge in [0.2, 0.25) is 0 Å². The third kappa shape index (κ3) is 4.68. The minimum atomic E-state index is -0.312. The van der Waals surface area contributed by atoms with E-state index in [-0.39, 0.29) is 11.6 Å². The Labute approximate surface area is 162 Å². The van der Waals surface area contributed by atoms with Crippen molar-refractivity contribution in [3.05, 3.63) is 71.5 Å². The molecule has 2 aromatic carbocycles. The number of methoxy groups -OCH3 is 2. The average molecular weight is 384 g/mol. The topological polar surface area (TPSA) is 72.5 Å². The highest BCUT2D eigenvalue weighted by Gasteiger charge is 2.10. The summed E-state index contributed by atoms with van der Waals surface area (Å²) in [6.45, 7) is 0. The van der Waals surface area contributed by atoms with Gasteiger partial charge in [-0.05, 0) is 48.5 Å². The van der Waals surface area contributed by atoms with Gasteiger partial charge in [-0.1, -0.05) is 11.6 Å². The van der Waals surface area contributed by atoms with Gasteiger partial charge in [0.25, 0.3) is 5.91 Å². The summed E-state index contributed by atoms with van der Waals surface area (Å²) in [7, 11) is 3.16. The second-order valence-corrected chi connectivity index (χ2v) is 6.02. The van der Waals surface area contributed by atoms with Gasteiger partial charge in [-0.15, -0.1) is 0 Å². The fourth-order valence-electron chi connectivity index (χ4n) is 2.44. The Hall–Kier alpha value is -3.25. The zero-order valence-corrected chi connectivity index (χ0v) is 15.6. The van der Waals surface area contributed by atoms with Crippen LogP contribution in [0.2, 0.25) is 5.02 Å². The molecule has 0 atom stereocenters. The van der Waals surface area contributed by atoms with Crippen molar-refractivity contribution in [3.8, 4) is 11.5 Å². The Morgan fingerprint density at radius 1 is 0.889 bits per heavy atom. The molecular weight excluding hydrogens is 366 g/mol. The van der Waals surface area contributed by atoms with Gasteiger partial charge >= 0.3 is 0 Å². The summed E-state index contributed by atoms with van der Waals surface area (Å²) in [6, 6.07) is 15.8. The minimum absolute atomic E-state index is 0.287. The largest absolute Gasteiger partial charge is 0.493 e. The number of ether oxygens (including phenoxy) is 2. The van der Waals surface area contributed by atoms with E-state index in [1.54, 1.807) is 62.9 Å². The van der Waals surface area contributed by atoms with Gasteiger partial charge in [-0.2, -0.15) is 0 Å². The lowest BCUT2D eigenvalue weighted by molar-refractivity contribution is 0.102. The number of hydrogen-bond acceptors (Lipinski definition) is 5. The molecule has 0 saturated carbocycles. The first kappa shape index (κ1) is 18.5. The molecule has 0 saturated heterocycles. The van der Waals surface area contributed by atoms with E-state index in [1.807, 2.05) is 12.1 Å². The number of pyridine rings is 1. The van der Waals surface area contributed by atoms with Crippen molar-refractivity contribution in [2.45, 2.75) is 0 Å². The van der Waals surface area contributed by atoms with Crippen LogP contribution in [0.3, 0.4) is 0 Å². The van der Waals surface area contributed by atoms with E-state index in [0.717, 1.165) is 11.4 Å². The molecule has 0 spiro atoms. The number of benzene rings is 2. The summed E-state index contributed by atoms with van der Waals surface area (Å²) in [5.41, 5.74) is 2.45. The zero-order valence-electron chi connectivity index (χ0n) is 14.8. The highest BCUT2D eigenvalue weighted by Crippen LogP contribution is 2.31. The summed E-state index contributed by atoms with van der Waals surface area (Å²) >= 11 is 5.85. The predicted octanol–water partition coefficient (Wildman–Crippen LogP) is 4.75. The van der Waals surface area contributed by atoms with Gasteiger partial charge in [-0.25, -0.2) is 0 Å². The van der Waals surface area contributed by atoms with Crippen LogP contribution in [0.5, 0.6) is 11.5 Å². The quantitative estimate of drug-likeness (QED) is 0.642. The molecule has 1 amide bonds. The van der Waals surface area contributed by atoms with Gasteiger partial charge in [0.05, 0.1) is 14.2 Å². The number of aromatic nitrogens is 1. The Morgan fingerprint density at radius 3 is 2.26 bits per heavy atom. The highest BCUT2D eigenvalue weighted by atomic mass is 35.5. The summed E-state index contributed by atoms with van der Waals surface area (Å²) < 4.78 is 10.5. The molecule has 0 unspecified atom stereocenters. The number of rotatable bonds is 6. The Balaban J connectivity index is 1.75. The number of nitrogens with zero attached hydrogens (tertiary/aromatic N) is 1. The molecule has 1 aromatic heterocycles. The molecule has 0 aliphatic carbocycles. The third-order valence-electron chi connectivity index (χ3n) is 3.77. The van der Waals surface area contributed by atoms with Crippen molar-refractivity contribution >= 4 is 34.6 Å².